The molecule has 0 spiro atoms. The second-order valence-electron chi connectivity index (χ2n) is 6.90. The number of nitrogens with two attached hydrogens (primary N) is 1. The third-order valence-electron chi connectivity index (χ3n) is 4.12. The summed E-state index contributed by atoms with van der Waals surface area (Å²) in [5.74, 6) is 0.800. The van der Waals surface area contributed by atoms with Crippen LogP contribution in [0.2, 0.25) is 0 Å². The van der Waals surface area contributed by atoms with Crippen molar-refractivity contribution < 1.29 is 4.18 Å². The number of nitrogens with zero attached hydrogens (tertiary/aromatic N) is 4. The van der Waals surface area contributed by atoms with E-state index >= 15 is 0 Å². The van der Waals surface area contributed by atoms with Gasteiger partial charge in [-0.3, -0.25) is 14.9 Å². The fourth-order valence-corrected chi connectivity index (χ4v) is 3.14. The molecule has 2 N–H and O–H groups in total. The van der Waals surface area contributed by atoms with E-state index < -0.39 is 0 Å². The summed E-state index contributed by atoms with van der Waals surface area (Å²) in [4.78, 5) is 11.6. The van der Waals surface area contributed by atoms with Crippen molar-refractivity contribution in [3.63, 3.8) is 0 Å². The normalized spacial score (nSPS) is 11.4. The molecule has 0 radical (unpaired) electrons. The number of aromatic nitrogens is 2. The highest BCUT2D eigenvalue weighted by atomic mass is 32.2. The molecule has 2 aromatic heterocycles. The molecule has 0 aliphatic carbocycles. The minimum Gasteiger partial charge on any atom is -0.407 e. The van der Waals surface area contributed by atoms with Gasteiger partial charge in [-0.05, 0) is 63.0 Å². The molecule has 0 unspecified atom stereocenters. The fourth-order valence-electron chi connectivity index (χ4n) is 2.76. The van der Waals surface area contributed by atoms with Crippen molar-refractivity contribution >= 4 is 12.2 Å². The molecule has 148 valence electrons. The van der Waals surface area contributed by atoms with Gasteiger partial charge < -0.3 is 9.92 Å². The molecule has 0 aliphatic rings. The molecule has 6 nitrogen and oxygen atoms in total. The number of rotatable bonds is 11. The molecule has 0 aliphatic heterocycles. The second kappa shape index (κ2) is 11.2. The third kappa shape index (κ3) is 7.46. The minimum atomic E-state index is 0.712. The van der Waals surface area contributed by atoms with Crippen LogP contribution in [0.15, 0.2) is 30.6 Å². The maximum Gasteiger partial charge on any atom is 0.162 e. The van der Waals surface area contributed by atoms with Gasteiger partial charge in [0.1, 0.15) is 12.2 Å². The van der Waals surface area contributed by atoms with Crippen molar-refractivity contribution in [2.75, 3.05) is 27.2 Å². The first-order valence-corrected chi connectivity index (χ1v) is 10.00. The predicted molar refractivity (Wildman–Crippen MR) is 112 cm³/mol. The largest absolute Gasteiger partial charge is 0.407 e. The van der Waals surface area contributed by atoms with Crippen LogP contribution < -0.4 is 9.92 Å². The standard InChI is InChI=1S/C20H31N5OS/c1-16-12-17(2)18(23-13-16)14-25(11-6-5-9-21)15-19-20(8-7-10-22-19)26-27-24(3)4/h7-8,10,12-13H,5-6,9,11,14-15,21H2,1-4H3. The van der Waals surface area contributed by atoms with E-state index in [-0.39, 0.29) is 0 Å². The molecule has 2 rings (SSSR count). The Labute approximate surface area is 167 Å². The molecule has 0 aromatic carbocycles. The van der Waals surface area contributed by atoms with Gasteiger partial charge in [0.15, 0.2) is 5.75 Å². The summed E-state index contributed by atoms with van der Waals surface area (Å²) in [6, 6.07) is 6.05. The van der Waals surface area contributed by atoms with Crippen LogP contribution >= 0.6 is 12.2 Å². The lowest BCUT2D eigenvalue weighted by Crippen LogP contribution is -2.26. The molecule has 0 atom stereocenters. The molecule has 27 heavy (non-hydrogen) atoms. The minimum absolute atomic E-state index is 0.712. The lowest BCUT2D eigenvalue weighted by atomic mass is 10.1. The number of aryl methyl sites for hydroxylation is 2. The SMILES string of the molecule is Cc1cnc(CN(CCCCN)Cc2ncccc2OSN(C)C)c(C)c1. The van der Waals surface area contributed by atoms with Gasteiger partial charge in [-0.1, -0.05) is 6.07 Å². The van der Waals surface area contributed by atoms with Gasteiger partial charge in [0.2, 0.25) is 0 Å². The Bertz CT molecular complexity index is 711. The van der Waals surface area contributed by atoms with Crippen LogP contribution in [-0.4, -0.2) is 46.4 Å². The Kier molecular flexibility index (Phi) is 9.00. The first-order valence-electron chi connectivity index (χ1n) is 9.30. The fraction of sp³-hybridized carbons (Fsp3) is 0.500. The monoisotopic (exact) mass is 389 g/mol. The van der Waals surface area contributed by atoms with E-state index in [0.29, 0.717) is 13.1 Å². The van der Waals surface area contributed by atoms with Gasteiger partial charge in [0.05, 0.1) is 11.4 Å². The summed E-state index contributed by atoms with van der Waals surface area (Å²) in [6.07, 6.45) is 5.81. The topological polar surface area (TPSA) is 67.5 Å². The maximum atomic E-state index is 5.83. The summed E-state index contributed by atoms with van der Waals surface area (Å²) in [7, 11) is 3.90. The van der Waals surface area contributed by atoms with E-state index in [1.54, 1.807) is 0 Å². The van der Waals surface area contributed by atoms with Crippen LogP contribution in [0.25, 0.3) is 0 Å². The van der Waals surface area contributed by atoms with Gasteiger partial charge in [0.25, 0.3) is 0 Å². The van der Waals surface area contributed by atoms with Crippen molar-refractivity contribution in [2.45, 2.75) is 39.8 Å². The first kappa shape index (κ1) is 21.6. The highest BCUT2D eigenvalue weighted by molar-refractivity contribution is 7.92. The lowest BCUT2D eigenvalue weighted by molar-refractivity contribution is 0.243. The smallest absolute Gasteiger partial charge is 0.162 e. The molecule has 2 aromatic rings. The second-order valence-corrected chi connectivity index (χ2v) is 7.95. The molecule has 0 saturated heterocycles. The summed E-state index contributed by atoms with van der Waals surface area (Å²) >= 11 is 1.30. The van der Waals surface area contributed by atoms with Crippen LogP contribution in [-0.2, 0) is 13.1 Å². The lowest BCUT2D eigenvalue weighted by Gasteiger charge is -2.23. The number of unbranched alkanes of at least 4 members (excludes halogenated alkanes) is 1. The molecule has 0 bridgehead atoms. The first-order chi connectivity index (χ1) is 13.0. The number of hydrogen-bond donors (Lipinski definition) is 1. The van der Waals surface area contributed by atoms with Crippen LogP contribution in [0.4, 0.5) is 0 Å². The molecule has 2 heterocycles. The van der Waals surface area contributed by atoms with Crippen molar-refractivity contribution in [3.8, 4) is 5.75 Å². The van der Waals surface area contributed by atoms with Crippen LogP contribution in [0, 0.1) is 13.8 Å². The quantitative estimate of drug-likeness (QED) is 0.359. The highest BCUT2D eigenvalue weighted by Gasteiger charge is 2.14. The molecule has 7 heteroatoms. The summed E-state index contributed by atoms with van der Waals surface area (Å²) in [6.45, 7) is 7.35. The Morgan fingerprint density at radius 2 is 1.89 bits per heavy atom. The molecular formula is C20H31N5OS. The Balaban J connectivity index is 2.14. The van der Waals surface area contributed by atoms with E-state index in [2.05, 4.69) is 34.8 Å². The predicted octanol–water partition coefficient (Wildman–Crippen LogP) is 3.34. The van der Waals surface area contributed by atoms with Gasteiger partial charge in [-0.25, -0.2) is 4.31 Å². The zero-order valence-electron chi connectivity index (χ0n) is 16.8. The maximum absolute atomic E-state index is 5.83. The van der Waals surface area contributed by atoms with Crippen molar-refractivity contribution in [1.29, 1.82) is 0 Å². The van der Waals surface area contributed by atoms with E-state index in [1.165, 1.54) is 23.4 Å². The van der Waals surface area contributed by atoms with Crippen LogP contribution in [0.3, 0.4) is 0 Å². The van der Waals surface area contributed by atoms with Crippen molar-refractivity contribution in [3.05, 3.63) is 53.1 Å². The summed E-state index contributed by atoms with van der Waals surface area (Å²) in [5, 5.41) is 0. The average Bonchev–Trinajstić information content (AvgIpc) is 2.63. The molecule has 0 amide bonds. The summed E-state index contributed by atoms with van der Waals surface area (Å²) < 4.78 is 7.74. The van der Waals surface area contributed by atoms with Gasteiger partial charge in [-0.15, -0.1) is 0 Å². The number of pyridine rings is 2. The zero-order valence-corrected chi connectivity index (χ0v) is 17.6. The Hall–Kier alpha value is -1.67. The summed E-state index contributed by atoms with van der Waals surface area (Å²) in [5.41, 5.74) is 10.1. The van der Waals surface area contributed by atoms with Gasteiger partial charge in [-0.2, -0.15) is 0 Å². The van der Waals surface area contributed by atoms with E-state index in [1.807, 2.05) is 42.9 Å². The number of hydrogen-bond acceptors (Lipinski definition) is 7. The zero-order chi connectivity index (χ0) is 19.6. The van der Waals surface area contributed by atoms with Crippen molar-refractivity contribution in [1.82, 2.24) is 19.2 Å². The van der Waals surface area contributed by atoms with Gasteiger partial charge >= 0.3 is 0 Å². The van der Waals surface area contributed by atoms with E-state index in [0.717, 1.165) is 43.1 Å². The van der Waals surface area contributed by atoms with E-state index in [4.69, 9.17) is 9.92 Å². The Morgan fingerprint density at radius 1 is 1.11 bits per heavy atom. The third-order valence-corrected chi connectivity index (χ3v) is 4.68. The van der Waals surface area contributed by atoms with Crippen molar-refractivity contribution in [2.24, 2.45) is 5.73 Å². The highest BCUT2D eigenvalue weighted by Crippen LogP contribution is 2.23. The Morgan fingerprint density at radius 3 is 2.59 bits per heavy atom. The van der Waals surface area contributed by atoms with E-state index in [9.17, 15) is 0 Å². The van der Waals surface area contributed by atoms with Gasteiger partial charge in [0, 0.05) is 39.6 Å². The molecule has 0 fully saturated rings. The van der Waals surface area contributed by atoms with Crippen LogP contribution in [0.1, 0.15) is 35.4 Å². The molecule has 0 saturated carbocycles. The average molecular weight is 390 g/mol. The molecular weight excluding hydrogens is 358 g/mol. The van der Waals surface area contributed by atoms with Crippen LogP contribution in [0.5, 0.6) is 5.75 Å².